The molecule has 18 heavy (non-hydrogen) atoms. The first-order chi connectivity index (χ1) is 8.56. The van der Waals surface area contributed by atoms with Crippen molar-refractivity contribution in [1.82, 2.24) is 0 Å². The van der Waals surface area contributed by atoms with E-state index in [9.17, 15) is 4.79 Å². The molecule has 0 saturated carbocycles. The first kappa shape index (κ1) is 14.7. The van der Waals surface area contributed by atoms with Gasteiger partial charge in [-0.05, 0) is 29.5 Å². The molecular weight excluding hydrogens is 224 g/mol. The molecule has 1 aromatic rings. The highest BCUT2D eigenvalue weighted by atomic mass is 16.4. The molecule has 0 radical (unpaired) electrons. The highest BCUT2D eigenvalue weighted by Gasteiger charge is 2.14. The minimum Gasteiger partial charge on any atom is -0.478 e. The lowest BCUT2D eigenvalue weighted by molar-refractivity contribution is 0.0697. The minimum atomic E-state index is -0.856. The van der Waals surface area contributed by atoms with Gasteiger partial charge in [-0.25, -0.2) is 4.79 Å². The van der Waals surface area contributed by atoms with Crippen LogP contribution in [-0.4, -0.2) is 11.1 Å². The van der Waals surface area contributed by atoms with E-state index in [0.717, 1.165) is 0 Å². The molecule has 0 aliphatic rings. The Hall–Kier alpha value is -1.31. The fourth-order valence-electron chi connectivity index (χ4n) is 2.22. The van der Waals surface area contributed by atoms with Crippen molar-refractivity contribution >= 4 is 5.97 Å². The van der Waals surface area contributed by atoms with E-state index in [4.69, 9.17) is 5.11 Å². The van der Waals surface area contributed by atoms with Crippen LogP contribution in [0.5, 0.6) is 0 Å². The highest BCUT2D eigenvalue weighted by molar-refractivity contribution is 5.87. The summed E-state index contributed by atoms with van der Waals surface area (Å²) in [5.41, 5.74) is 1.61. The standard InChI is InChI=1S/C16H24O2/c1-4-5-6-7-12(2)13(3)14-8-10-15(11-9-14)16(17)18/h8-13H,4-7H2,1-3H3,(H,17,18). The van der Waals surface area contributed by atoms with Crippen molar-refractivity contribution in [1.29, 1.82) is 0 Å². The van der Waals surface area contributed by atoms with Gasteiger partial charge in [0.1, 0.15) is 0 Å². The Balaban J connectivity index is 2.59. The molecule has 0 bridgehead atoms. The van der Waals surface area contributed by atoms with Gasteiger partial charge in [0.05, 0.1) is 5.56 Å². The Bertz CT molecular complexity index is 367. The summed E-state index contributed by atoms with van der Waals surface area (Å²) in [6.45, 7) is 6.73. The molecule has 1 aromatic carbocycles. The molecule has 100 valence electrons. The van der Waals surface area contributed by atoms with Crippen molar-refractivity contribution < 1.29 is 9.90 Å². The van der Waals surface area contributed by atoms with Crippen molar-refractivity contribution in [3.63, 3.8) is 0 Å². The topological polar surface area (TPSA) is 37.3 Å². The molecular formula is C16H24O2. The van der Waals surface area contributed by atoms with Crippen LogP contribution in [0.3, 0.4) is 0 Å². The second kappa shape index (κ2) is 7.20. The molecule has 0 aliphatic carbocycles. The van der Waals surface area contributed by atoms with E-state index in [2.05, 4.69) is 20.8 Å². The second-order valence-electron chi connectivity index (χ2n) is 5.19. The number of hydrogen-bond acceptors (Lipinski definition) is 1. The van der Waals surface area contributed by atoms with Gasteiger partial charge in [-0.2, -0.15) is 0 Å². The molecule has 0 aliphatic heterocycles. The van der Waals surface area contributed by atoms with Crippen LogP contribution < -0.4 is 0 Å². The molecule has 0 heterocycles. The number of carboxylic acid groups (broad SMARTS) is 1. The van der Waals surface area contributed by atoms with Gasteiger partial charge in [0.25, 0.3) is 0 Å². The van der Waals surface area contributed by atoms with Gasteiger partial charge in [0.15, 0.2) is 0 Å². The van der Waals surface area contributed by atoms with Gasteiger partial charge < -0.3 is 5.11 Å². The third-order valence-electron chi connectivity index (χ3n) is 3.80. The Morgan fingerprint density at radius 1 is 1.17 bits per heavy atom. The number of unbranched alkanes of at least 4 members (excludes halogenated alkanes) is 2. The number of benzene rings is 1. The van der Waals surface area contributed by atoms with Crippen molar-refractivity contribution in [2.75, 3.05) is 0 Å². The number of carbonyl (C=O) groups is 1. The summed E-state index contributed by atoms with van der Waals surface area (Å²) in [5.74, 6) is 0.280. The summed E-state index contributed by atoms with van der Waals surface area (Å²) in [6, 6.07) is 7.30. The largest absolute Gasteiger partial charge is 0.478 e. The van der Waals surface area contributed by atoms with E-state index in [1.165, 1.54) is 31.2 Å². The van der Waals surface area contributed by atoms with Crippen LogP contribution in [-0.2, 0) is 0 Å². The van der Waals surface area contributed by atoms with Crippen molar-refractivity contribution in [3.05, 3.63) is 35.4 Å². The zero-order valence-corrected chi connectivity index (χ0v) is 11.6. The van der Waals surface area contributed by atoms with E-state index in [0.29, 0.717) is 17.4 Å². The van der Waals surface area contributed by atoms with Crippen LogP contribution in [0.2, 0.25) is 0 Å². The normalized spacial score (nSPS) is 14.2. The average molecular weight is 248 g/mol. The predicted octanol–water partition coefficient (Wildman–Crippen LogP) is 4.70. The first-order valence-corrected chi connectivity index (χ1v) is 6.89. The van der Waals surface area contributed by atoms with Gasteiger partial charge in [-0.15, -0.1) is 0 Å². The van der Waals surface area contributed by atoms with Gasteiger partial charge in [0.2, 0.25) is 0 Å². The van der Waals surface area contributed by atoms with E-state index in [-0.39, 0.29) is 0 Å². The molecule has 2 nitrogen and oxygen atoms in total. The maximum Gasteiger partial charge on any atom is 0.335 e. The summed E-state index contributed by atoms with van der Waals surface area (Å²) >= 11 is 0. The fraction of sp³-hybridized carbons (Fsp3) is 0.562. The maximum atomic E-state index is 10.8. The quantitative estimate of drug-likeness (QED) is 0.710. The SMILES string of the molecule is CCCCCC(C)C(C)c1ccc(C(=O)O)cc1. The van der Waals surface area contributed by atoms with Gasteiger partial charge in [0, 0.05) is 0 Å². The van der Waals surface area contributed by atoms with Crippen LogP contribution in [0, 0.1) is 5.92 Å². The van der Waals surface area contributed by atoms with Crippen LogP contribution in [0.4, 0.5) is 0 Å². The molecule has 0 spiro atoms. The predicted molar refractivity (Wildman–Crippen MR) is 75.1 cm³/mol. The zero-order chi connectivity index (χ0) is 13.5. The molecule has 0 aromatic heterocycles. The number of carboxylic acids is 1. The molecule has 1 N–H and O–H groups in total. The van der Waals surface area contributed by atoms with Gasteiger partial charge in [-0.1, -0.05) is 58.6 Å². The number of rotatable bonds is 7. The van der Waals surface area contributed by atoms with Crippen LogP contribution in [0.15, 0.2) is 24.3 Å². The first-order valence-electron chi connectivity index (χ1n) is 6.89. The van der Waals surface area contributed by atoms with Crippen LogP contribution >= 0.6 is 0 Å². The highest BCUT2D eigenvalue weighted by Crippen LogP contribution is 2.28. The fourth-order valence-corrected chi connectivity index (χ4v) is 2.22. The summed E-state index contributed by atoms with van der Waals surface area (Å²) in [4.78, 5) is 10.8. The maximum absolute atomic E-state index is 10.8. The van der Waals surface area contributed by atoms with E-state index < -0.39 is 5.97 Å². The van der Waals surface area contributed by atoms with E-state index in [1.54, 1.807) is 12.1 Å². The van der Waals surface area contributed by atoms with E-state index in [1.807, 2.05) is 12.1 Å². The smallest absolute Gasteiger partial charge is 0.335 e. The molecule has 1 rings (SSSR count). The number of hydrogen-bond donors (Lipinski definition) is 1. The zero-order valence-electron chi connectivity index (χ0n) is 11.6. The molecule has 2 atom stereocenters. The Morgan fingerprint density at radius 3 is 2.28 bits per heavy atom. The summed E-state index contributed by atoms with van der Waals surface area (Å²) in [7, 11) is 0. The molecule has 0 amide bonds. The molecule has 0 fully saturated rings. The Labute approximate surface area is 110 Å². The minimum absolute atomic E-state index is 0.365. The number of aromatic carboxylic acids is 1. The summed E-state index contributed by atoms with van der Waals surface area (Å²) < 4.78 is 0. The molecule has 2 unspecified atom stereocenters. The molecule has 2 heteroatoms. The Kier molecular flexibility index (Phi) is 5.90. The van der Waals surface area contributed by atoms with Crippen molar-refractivity contribution in [3.8, 4) is 0 Å². The Morgan fingerprint density at radius 2 is 1.78 bits per heavy atom. The third-order valence-corrected chi connectivity index (χ3v) is 3.80. The monoisotopic (exact) mass is 248 g/mol. The van der Waals surface area contributed by atoms with E-state index >= 15 is 0 Å². The summed E-state index contributed by atoms with van der Waals surface area (Å²) in [5, 5.41) is 8.87. The lowest BCUT2D eigenvalue weighted by Gasteiger charge is -2.20. The van der Waals surface area contributed by atoms with Crippen LogP contribution in [0.25, 0.3) is 0 Å². The lowest BCUT2D eigenvalue weighted by Crippen LogP contribution is -2.07. The van der Waals surface area contributed by atoms with Crippen molar-refractivity contribution in [2.45, 2.75) is 52.4 Å². The molecule has 0 saturated heterocycles. The third kappa shape index (κ3) is 4.17. The van der Waals surface area contributed by atoms with Crippen LogP contribution in [0.1, 0.15) is 68.3 Å². The van der Waals surface area contributed by atoms with Gasteiger partial charge >= 0.3 is 5.97 Å². The lowest BCUT2D eigenvalue weighted by atomic mass is 9.85. The second-order valence-corrected chi connectivity index (χ2v) is 5.19. The average Bonchev–Trinajstić information content (AvgIpc) is 2.38. The van der Waals surface area contributed by atoms with Crippen molar-refractivity contribution in [2.24, 2.45) is 5.92 Å². The van der Waals surface area contributed by atoms with Gasteiger partial charge in [-0.3, -0.25) is 0 Å². The summed E-state index contributed by atoms with van der Waals surface area (Å²) in [6.07, 6.45) is 5.09.